The maximum Gasteiger partial charge on any atom is 0.120 e. The lowest BCUT2D eigenvalue weighted by Gasteiger charge is -2.23. The van der Waals surface area contributed by atoms with Crippen molar-refractivity contribution in [3.8, 4) is 5.75 Å². The highest BCUT2D eigenvalue weighted by Crippen LogP contribution is 2.30. The summed E-state index contributed by atoms with van der Waals surface area (Å²) in [7, 11) is 0. The van der Waals surface area contributed by atoms with Gasteiger partial charge in [-0.05, 0) is 43.4 Å². The van der Waals surface area contributed by atoms with Gasteiger partial charge in [0.25, 0.3) is 0 Å². The van der Waals surface area contributed by atoms with Crippen molar-refractivity contribution in [2.24, 2.45) is 5.92 Å². The molecule has 2 N–H and O–H groups in total. The second-order valence-electron chi connectivity index (χ2n) is 5.44. The fourth-order valence-electron chi connectivity index (χ4n) is 2.95. The van der Waals surface area contributed by atoms with Gasteiger partial charge in [0.15, 0.2) is 0 Å². The second-order valence-corrected chi connectivity index (χ2v) is 6.35. The number of rotatable bonds is 6. The Bertz CT molecular complexity index is 438. The van der Waals surface area contributed by atoms with Crippen molar-refractivity contribution in [2.45, 2.75) is 45.3 Å². The van der Waals surface area contributed by atoms with Gasteiger partial charge in [0.2, 0.25) is 0 Å². The van der Waals surface area contributed by atoms with Crippen LogP contribution in [-0.4, -0.2) is 24.4 Å². The summed E-state index contributed by atoms with van der Waals surface area (Å²) in [6.07, 6.45) is 3.54. The summed E-state index contributed by atoms with van der Waals surface area (Å²) in [6, 6.07) is 5.80. The molecule has 0 aromatic heterocycles. The molecule has 2 rings (SSSR count). The number of phenolic OH excluding ortho intramolecular Hbond substituents is 1. The minimum absolute atomic E-state index is 0.186. The van der Waals surface area contributed by atoms with Gasteiger partial charge in [0.05, 0.1) is 6.10 Å². The smallest absolute Gasteiger partial charge is 0.120 e. The molecule has 1 fully saturated rings. The van der Waals surface area contributed by atoms with Gasteiger partial charge in [-0.15, -0.1) is 0 Å². The number of hydrogen-bond acceptors (Lipinski definition) is 3. The summed E-state index contributed by atoms with van der Waals surface area (Å²) in [5.41, 5.74) is 0.967. The van der Waals surface area contributed by atoms with E-state index in [0.717, 1.165) is 42.5 Å². The lowest BCUT2D eigenvalue weighted by Crippen LogP contribution is -2.31. The molecule has 3 nitrogen and oxygen atoms in total. The minimum Gasteiger partial charge on any atom is -0.508 e. The van der Waals surface area contributed by atoms with E-state index in [9.17, 15) is 5.11 Å². The van der Waals surface area contributed by atoms with Gasteiger partial charge in [-0.3, -0.25) is 0 Å². The molecule has 3 unspecified atom stereocenters. The van der Waals surface area contributed by atoms with E-state index in [1.54, 1.807) is 6.07 Å². The van der Waals surface area contributed by atoms with Crippen LogP contribution in [0.2, 0.25) is 0 Å². The number of aromatic hydroxyl groups is 1. The van der Waals surface area contributed by atoms with E-state index in [4.69, 9.17) is 4.74 Å². The molecule has 1 aromatic rings. The molecule has 1 aromatic carbocycles. The van der Waals surface area contributed by atoms with Crippen molar-refractivity contribution in [2.75, 3.05) is 13.2 Å². The fourth-order valence-corrected chi connectivity index (χ4v) is 3.33. The highest BCUT2D eigenvalue weighted by molar-refractivity contribution is 9.10. The molecule has 4 heteroatoms. The Morgan fingerprint density at radius 2 is 2.25 bits per heavy atom. The fraction of sp³-hybridized carbons (Fsp3) is 0.625. The summed E-state index contributed by atoms with van der Waals surface area (Å²) >= 11 is 3.47. The lowest BCUT2D eigenvalue weighted by atomic mass is 9.97. The molecule has 0 saturated carbocycles. The van der Waals surface area contributed by atoms with Crippen LogP contribution in [0.15, 0.2) is 22.7 Å². The molecule has 1 heterocycles. The highest BCUT2D eigenvalue weighted by atomic mass is 79.9. The first-order chi connectivity index (χ1) is 9.65. The molecule has 1 aliphatic heterocycles. The largest absolute Gasteiger partial charge is 0.508 e. The predicted octanol–water partition coefficient (Wildman–Crippen LogP) is 4.01. The van der Waals surface area contributed by atoms with Crippen molar-refractivity contribution in [1.82, 2.24) is 5.32 Å². The lowest BCUT2D eigenvalue weighted by molar-refractivity contribution is 0.0865. The summed E-state index contributed by atoms with van der Waals surface area (Å²) in [5.74, 6) is 0.950. The van der Waals surface area contributed by atoms with Crippen LogP contribution in [0.25, 0.3) is 0 Å². The van der Waals surface area contributed by atoms with Gasteiger partial charge >= 0.3 is 0 Å². The SMILES string of the molecule is CCC(NCC1CCOC1CC)c1cc(Br)ccc1O. The molecular formula is C16H24BrNO2. The molecule has 112 valence electrons. The third kappa shape index (κ3) is 3.74. The molecule has 1 saturated heterocycles. The van der Waals surface area contributed by atoms with E-state index < -0.39 is 0 Å². The number of ether oxygens (including phenoxy) is 1. The monoisotopic (exact) mass is 341 g/mol. The number of halogens is 1. The third-order valence-electron chi connectivity index (χ3n) is 4.15. The van der Waals surface area contributed by atoms with Crippen LogP contribution < -0.4 is 5.32 Å². The van der Waals surface area contributed by atoms with Crippen LogP contribution >= 0.6 is 15.9 Å². The van der Waals surface area contributed by atoms with Gasteiger partial charge in [-0.2, -0.15) is 0 Å². The number of nitrogens with one attached hydrogen (secondary N) is 1. The average Bonchev–Trinajstić information content (AvgIpc) is 2.90. The number of phenols is 1. The average molecular weight is 342 g/mol. The second kappa shape index (κ2) is 7.43. The summed E-state index contributed by atoms with van der Waals surface area (Å²) in [5, 5.41) is 13.6. The molecule has 0 bridgehead atoms. The van der Waals surface area contributed by atoms with E-state index in [0.29, 0.717) is 17.8 Å². The van der Waals surface area contributed by atoms with Gasteiger partial charge < -0.3 is 15.2 Å². The van der Waals surface area contributed by atoms with Gasteiger partial charge in [0.1, 0.15) is 5.75 Å². The van der Waals surface area contributed by atoms with E-state index in [1.165, 1.54) is 0 Å². The zero-order valence-corrected chi connectivity index (χ0v) is 13.8. The van der Waals surface area contributed by atoms with Crippen LogP contribution in [0, 0.1) is 5.92 Å². The van der Waals surface area contributed by atoms with Gasteiger partial charge in [0, 0.05) is 29.2 Å². The summed E-state index contributed by atoms with van der Waals surface area (Å²) in [6.45, 7) is 6.15. The van der Waals surface area contributed by atoms with Crippen molar-refractivity contribution in [3.63, 3.8) is 0 Å². The van der Waals surface area contributed by atoms with Crippen molar-refractivity contribution in [3.05, 3.63) is 28.2 Å². The Balaban J connectivity index is 2.00. The predicted molar refractivity (Wildman–Crippen MR) is 85.0 cm³/mol. The third-order valence-corrected chi connectivity index (χ3v) is 4.64. The topological polar surface area (TPSA) is 41.5 Å². The molecule has 0 aliphatic carbocycles. The zero-order chi connectivity index (χ0) is 14.5. The first-order valence-electron chi connectivity index (χ1n) is 7.49. The first kappa shape index (κ1) is 15.8. The van der Waals surface area contributed by atoms with Gasteiger partial charge in [-0.25, -0.2) is 0 Å². The Morgan fingerprint density at radius 1 is 1.45 bits per heavy atom. The molecule has 1 aliphatic rings. The highest BCUT2D eigenvalue weighted by Gasteiger charge is 2.27. The van der Waals surface area contributed by atoms with E-state index in [2.05, 4.69) is 35.1 Å². The van der Waals surface area contributed by atoms with Gasteiger partial charge in [-0.1, -0.05) is 29.8 Å². The zero-order valence-electron chi connectivity index (χ0n) is 12.2. The van der Waals surface area contributed by atoms with E-state index in [-0.39, 0.29) is 6.04 Å². The van der Waals surface area contributed by atoms with Crippen molar-refractivity contribution >= 4 is 15.9 Å². The Kier molecular flexibility index (Phi) is 5.87. The number of hydrogen-bond donors (Lipinski definition) is 2. The summed E-state index contributed by atoms with van der Waals surface area (Å²) in [4.78, 5) is 0. The Labute approximate surface area is 129 Å². The Hall–Kier alpha value is -0.580. The molecule has 3 atom stereocenters. The van der Waals surface area contributed by atoms with E-state index in [1.807, 2.05) is 12.1 Å². The molecule has 0 radical (unpaired) electrons. The van der Waals surface area contributed by atoms with Crippen molar-refractivity contribution in [1.29, 1.82) is 0 Å². The molecular weight excluding hydrogens is 318 g/mol. The Morgan fingerprint density at radius 3 is 2.95 bits per heavy atom. The van der Waals surface area contributed by atoms with Crippen LogP contribution in [0.3, 0.4) is 0 Å². The van der Waals surface area contributed by atoms with Crippen LogP contribution in [0.1, 0.15) is 44.7 Å². The van der Waals surface area contributed by atoms with Crippen LogP contribution in [-0.2, 0) is 4.74 Å². The normalized spacial score (nSPS) is 23.9. The van der Waals surface area contributed by atoms with Crippen molar-refractivity contribution < 1.29 is 9.84 Å². The standard InChI is InChI=1S/C16H24BrNO2/c1-3-14(13-9-12(17)5-6-15(13)19)18-10-11-7-8-20-16(11)4-2/h5-6,9,11,14,16,18-19H,3-4,7-8,10H2,1-2H3. The van der Waals surface area contributed by atoms with Crippen LogP contribution in [0.5, 0.6) is 5.75 Å². The van der Waals surface area contributed by atoms with E-state index >= 15 is 0 Å². The molecule has 20 heavy (non-hydrogen) atoms. The maximum atomic E-state index is 10.0. The van der Waals surface area contributed by atoms with Crippen LogP contribution in [0.4, 0.5) is 0 Å². The minimum atomic E-state index is 0.186. The first-order valence-corrected chi connectivity index (χ1v) is 8.28. The molecule has 0 spiro atoms. The quantitative estimate of drug-likeness (QED) is 0.821. The molecule has 0 amide bonds. The summed E-state index contributed by atoms with van der Waals surface area (Å²) < 4.78 is 6.73. The maximum absolute atomic E-state index is 10.0. The number of benzene rings is 1.